The van der Waals surface area contributed by atoms with Gasteiger partial charge in [0.05, 0.1) is 22.5 Å². The van der Waals surface area contributed by atoms with E-state index in [-0.39, 0.29) is 4.90 Å². The largest absolute Gasteiger partial charge is 0.276 e. The Balaban J connectivity index is 2.33. The Kier molecular flexibility index (Phi) is 3.32. The molecule has 0 atom stereocenters. The first-order valence-corrected chi connectivity index (χ1v) is 7.03. The molecule has 0 saturated carbocycles. The molecule has 1 aromatic heterocycles. The lowest BCUT2D eigenvalue weighted by Crippen LogP contribution is -2.13. The normalized spacial score (nSPS) is 11.5. The van der Waals surface area contributed by atoms with E-state index in [4.69, 9.17) is 11.6 Å². The average Bonchev–Trinajstić information content (AvgIpc) is 2.61. The summed E-state index contributed by atoms with van der Waals surface area (Å²) in [4.78, 5) is 0.162. The number of hydrogen-bond acceptors (Lipinski definition) is 3. The maximum Gasteiger partial charge on any atom is 0.262 e. The molecule has 1 aromatic carbocycles. The summed E-state index contributed by atoms with van der Waals surface area (Å²) in [6.45, 7) is 1.78. The Hall–Kier alpha value is -1.53. The highest BCUT2D eigenvalue weighted by Crippen LogP contribution is 2.20. The van der Waals surface area contributed by atoms with Crippen LogP contribution in [0.5, 0.6) is 0 Å². The van der Waals surface area contributed by atoms with Crippen LogP contribution in [0.1, 0.15) is 5.69 Å². The molecule has 2 rings (SSSR count). The van der Waals surface area contributed by atoms with Crippen LogP contribution in [0.4, 0.5) is 5.69 Å². The summed E-state index contributed by atoms with van der Waals surface area (Å²) in [6, 6.07) is 5.98. The predicted octanol–water partition coefficient (Wildman–Crippen LogP) is 2.18. The summed E-state index contributed by atoms with van der Waals surface area (Å²) in [5.74, 6) is 0. The van der Waals surface area contributed by atoms with Crippen molar-refractivity contribution in [1.29, 1.82) is 0 Å². The van der Waals surface area contributed by atoms with Crippen molar-refractivity contribution < 1.29 is 8.42 Å². The molecular weight excluding hydrogens is 274 g/mol. The molecule has 0 aliphatic carbocycles. The van der Waals surface area contributed by atoms with Crippen molar-refractivity contribution in [2.24, 2.45) is 7.05 Å². The second-order valence-corrected chi connectivity index (χ2v) is 5.95. The van der Waals surface area contributed by atoms with Crippen molar-refractivity contribution in [2.75, 3.05) is 4.72 Å². The Morgan fingerprint density at radius 2 is 1.89 bits per heavy atom. The molecule has 0 spiro atoms. The maximum atomic E-state index is 12.1. The highest BCUT2D eigenvalue weighted by Gasteiger charge is 2.16. The smallest absolute Gasteiger partial charge is 0.262 e. The van der Waals surface area contributed by atoms with Gasteiger partial charge in [-0.25, -0.2) is 8.42 Å². The fourth-order valence-electron chi connectivity index (χ4n) is 1.42. The van der Waals surface area contributed by atoms with E-state index in [2.05, 4.69) is 9.82 Å². The van der Waals surface area contributed by atoms with Gasteiger partial charge in [-0.2, -0.15) is 5.10 Å². The van der Waals surface area contributed by atoms with Crippen LogP contribution in [-0.2, 0) is 17.1 Å². The van der Waals surface area contributed by atoms with E-state index in [0.29, 0.717) is 10.7 Å². The number of sulfonamides is 1. The van der Waals surface area contributed by atoms with E-state index < -0.39 is 10.0 Å². The molecule has 0 unspecified atom stereocenters. The number of halogens is 1. The molecule has 0 aliphatic rings. The summed E-state index contributed by atoms with van der Waals surface area (Å²) in [6.07, 6.45) is 1.48. The quantitative estimate of drug-likeness (QED) is 0.940. The van der Waals surface area contributed by atoms with E-state index in [0.717, 1.165) is 5.69 Å². The Morgan fingerprint density at radius 3 is 2.39 bits per heavy atom. The minimum absolute atomic E-state index is 0.162. The van der Waals surface area contributed by atoms with E-state index in [1.807, 2.05) is 0 Å². The van der Waals surface area contributed by atoms with E-state index in [9.17, 15) is 8.42 Å². The lowest BCUT2D eigenvalue weighted by molar-refractivity contribution is 0.601. The highest BCUT2D eigenvalue weighted by molar-refractivity contribution is 7.92. The van der Waals surface area contributed by atoms with Crippen molar-refractivity contribution in [3.63, 3.8) is 0 Å². The van der Waals surface area contributed by atoms with Gasteiger partial charge in [-0.15, -0.1) is 0 Å². The molecule has 0 aliphatic heterocycles. The molecular formula is C11H12ClN3O2S. The molecule has 7 heteroatoms. The number of nitrogens with zero attached hydrogens (tertiary/aromatic N) is 2. The third kappa shape index (κ3) is 2.49. The minimum Gasteiger partial charge on any atom is -0.276 e. The van der Waals surface area contributed by atoms with E-state index in [1.54, 1.807) is 18.7 Å². The average molecular weight is 286 g/mol. The SMILES string of the molecule is Cc1c(NS(=O)(=O)c2ccc(Cl)cc2)cnn1C. The zero-order chi connectivity index (χ0) is 13.3. The van der Waals surface area contributed by atoms with E-state index >= 15 is 0 Å². The zero-order valence-electron chi connectivity index (χ0n) is 9.88. The molecule has 5 nitrogen and oxygen atoms in total. The highest BCUT2D eigenvalue weighted by atomic mass is 35.5. The second-order valence-electron chi connectivity index (χ2n) is 3.83. The van der Waals surface area contributed by atoms with Gasteiger partial charge in [-0.1, -0.05) is 11.6 Å². The van der Waals surface area contributed by atoms with Gasteiger partial charge in [0.1, 0.15) is 0 Å². The van der Waals surface area contributed by atoms with Crippen molar-refractivity contribution >= 4 is 27.3 Å². The number of hydrogen-bond donors (Lipinski definition) is 1. The number of aryl methyl sites for hydroxylation is 1. The number of benzene rings is 1. The molecule has 1 heterocycles. The van der Waals surface area contributed by atoms with Crippen molar-refractivity contribution in [2.45, 2.75) is 11.8 Å². The van der Waals surface area contributed by atoms with Gasteiger partial charge >= 0.3 is 0 Å². The van der Waals surface area contributed by atoms with Crippen LogP contribution in [0.2, 0.25) is 5.02 Å². The molecule has 18 heavy (non-hydrogen) atoms. The first kappa shape index (κ1) is 12.9. The van der Waals surface area contributed by atoms with Gasteiger partial charge in [-0.05, 0) is 31.2 Å². The third-order valence-corrected chi connectivity index (χ3v) is 4.24. The molecule has 0 amide bonds. The number of nitrogens with one attached hydrogen (secondary N) is 1. The summed E-state index contributed by atoms with van der Waals surface area (Å²) >= 11 is 5.72. The number of rotatable bonds is 3. The monoisotopic (exact) mass is 285 g/mol. The van der Waals surface area contributed by atoms with Gasteiger partial charge in [0, 0.05) is 12.1 Å². The molecule has 0 saturated heterocycles. The van der Waals surface area contributed by atoms with Crippen LogP contribution in [0.3, 0.4) is 0 Å². The van der Waals surface area contributed by atoms with Gasteiger partial charge in [0.15, 0.2) is 0 Å². The maximum absolute atomic E-state index is 12.1. The van der Waals surface area contributed by atoms with Crippen molar-refractivity contribution in [1.82, 2.24) is 9.78 Å². The molecule has 1 N–H and O–H groups in total. The Bertz CT molecular complexity index is 662. The molecule has 0 radical (unpaired) electrons. The number of aromatic nitrogens is 2. The Morgan fingerprint density at radius 1 is 1.28 bits per heavy atom. The van der Waals surface area contributed by atoms with E-state index in [1.165, 1.54) is 30.5 Å². The first-order chi connectivity index (χ1) is 8.40. The van der Waals surface area contributed by atoms with Crippen LogP contribution in [-0.4, -0.2) is 18.2 Å². The second kappa shape index (κ2) is 4.62. The van der Waals surface area contributed by atoms with Gasteiger partial charge in [0.2, 0.25) is 0 Å². The van der Waals surface area contributed by atoms with Gasteiger partial charge in [0.25, 0.3) is 10.0 Å². The summed E-state index contributed by atoms with van der Waals surface area (Å²) in [7, 11) is -1.86. The lowest BCUT2D eigenvalue weighted by atomic mass is 10.4. The first-order valence-electron chi connectivity index (χ1n) is 5.17. The molecule has 2 aromatic rings. The molecule has 0 bridgehead atoms. The predicted molar refractivity (Wildman–Crippen MR) is 70.2 cm³/mol. The van der Waals surface area contributed by atoms with Crippen molar-refractivity contribution in [3.05, 3.63) is 41.2 Å². The summed E-state index contributed by atoms with van der Waals surface area (Å²) in [5, 5.41) is 4.47. The molecule has 0 fully saturated rings. The standard InChI is InChI=1S/C11H12ClN3O2S/c1-8-11(7-13-15(8)2)14-18(16,17)10-5-3-9(12)4-6-10/h3-7,14H,1-2H3. The zero-order valence-corrected chi connectivity index (χ0v) is 11.5. The fraction of sp³-hybridized carbons (Fsp3) is 0.182. The fourth-order valence-corrected chi connectivity index (χ4v) is 2.64. The number of anilines is 1. The van der Waals surface area contributed by atoms with Gasteiger partial charge in [-0.3, -0.25) is 9.40 Å². The van der Waals surface area contributed by atoms with Crippen LogP contribution >= 0.6 is 11.6 Å². The van der Waals surface area contributed by atoms with Crippen LogP contribution in [0.15, 0.2) is 35.4 Å². The summed E-state index contributed by atoms with van der Waals surface area (Å²) in [5.41, 5.74) is 1.21. The van der Waals surface area contributed by atoms with Crippen LogP contribution in [0, 0.1) is 6.92 Å². The van der Waals surface area contributed by atoms with Crippen molar-refractivity contribution in [3.8, 4) is 0 Å². The molecule has 96 valence electrons. The lowest BCUT2D eigenvalue weighted by Gasteiger charge is -2.07. The van der Waals surface area contributed by atoms with Crippen LogP contribution in [0.25, 0.3) is 0 Å². The third-order valence-electron chi connectivity index (χ3n) is 2.60. The van der Waals surface area contributed by atoms with Crippen LogP contribution < -0.4 is 4.72 Å². The topological polar surface area (TPSA) is 64.0 Å². The Labute approximate surface area is 110 Å². The summed E-state index contributed by atoms with van der Waals surface area (Å²) < 4.78 is 28.3. The minimum atomic E-state index is -3.60. The van der Waals surface area contributed by atoms with Gasteiger partial charge < -0.3 is 0 Å².